The maximum Gasteiger partial charge on any atom is 0.338 e. The fourth-order valence-corrected chi connectivity index (χ4v) is 2.27. The van der Waals surface area contributed by atoms with E-state index in [-0.39, 0.29) is 6.61 Å². The zero-order valence-corrected chi connectivity index (χ0v) is 13.4. The van der Waals surface area contributed by atoms with Gasteiger partial charge in [-0.25, -0.2) is 14.8 Å². The summed E-state index contributed by atoms with van der Waals surface area (Å²) >= 11 is 0. The van der Waals surface area contributed by atoms with E-state index in [4.69, 9.17) is 10.00 Å². The summed E-state index contributed by atoms with van der Waals surface area (Å²) in [5, 5.41) is 8.77. The zero-order valence-electron chi connectivity index (χ0n) is 13.4. The first-order valence-corrected chi connectivity index (χ1v) is 7.48. The molecule has 0 bridgehead atoms. The number of carbonyl (C=O) groups is 1. The second kappa shape index (κ2) is 6.47. The van der Waals surface area contributed by atoms with Gasteiger partial charge in [0.15, 0.2) is 0 Å². The molecule has 0 aliphatic carbocycles. The van der Waals surface area contributed by atoms with Crippen LogP contribution in [0.4, 0.5) is 0 Å². The molecule has 0 radical (unpaired) electrons. The van der Waals surface area contributed by atoms with E-state index in [2.05, 4.69) is 9.97 Å². The van der Waals surface area contributed by atoms with Crippen LogP contribution in [0.15, 0.2) is 42.5 Å². The average Bonchev–Trinajstić information content (AvgIpc) is 2.60. The lowest BCUT2D eigenvalue weighted by molar-refractivity contribution is 0.0473. The van der Waals surface area contributed by atoms with Gasteiger partial charge >= 0.3 is 5.97 Å². The highest BCUT2D eigenvalue weighted by Gasteiger charge is 2.10. The van der Waals surface area contributed by atoms with Gasteiger partial charge in [-0.2, -0.15) is 5.26 Å². The van der Waals surface area contributed by atoms with E-state index in [1.54, 1.807) is 42.5 Å². The summed E-state index contributed by atoms with van der Waals surface area (Å²) in [6, 6.07) is 14.1. The predicted molar refractivity (Wildman–Crippen MR) is 89.3 cm³/mol. The number of nitrogens with zero attached hydrogens (tertiary/aromatic N) is 3. The molecule has 1 aromatic heterocycles. The minimum Gasteiger partial charge on any atom is -0.457 e. The standard InChI is InChI=1S/C19H15N3O2/c1-12-13(2)22-18-9-16(7-8-17(18)21-12)19(23)24-11-15-5-3-14(10-20)4-6-15/h3-9H,11H2,1-2H3. The van der Waals surface area contributed by atoms with Crippen molar-refractivity contribution in [2.45, 2.75) is 20.5 Å². The van der Waals surface area contributed by atoms with Crippen LogP contribution in [0.5, 0.6) is 0 Å². The van der Waals surface area contributed by atoms with Crippen molar-refractivity contribution < 1.29 is 9.53 Å². The van der Waals surface area contributed by atoms with Gasteiger partial charge in [0.2, 0.25) is 0 Å². The molecule has 0 spiro atoms. The highest BCUT2D eigenvalue weighted by atomic mass is 16.5. The van der Waals surface area contributed by atoms with Gasteiger partial charge < -0.3 is 4.74 Å². The van der Waals surface area contributed by atoms with E-state index in [9.17, 15) is 4.79 Å². The number of aromatic nitrogens is 2. The summed E-state index contributed by atoms with van der Waals surface area (Å²) in [7, 11) is 0. The number of nitriles is 1. The number of rotatable bonds is 3. The Morgan fingerprint density at radius 3 is 2.38 bits per heavy atom. The number of fused-ring (bicyclic) bond motifs is 1. The minimum absolute atomic E-state index is 0.154. The molecule has 0 fully saturated rings. The molecule has 5 nitrogen and oxygen atoms in total. The van der Waals surface area contributed by atoms with E-state index in [0.29, 0.717) is 16.6 Å². The van der Waals surface area contributed by atoms with Gasteiger partial charge in [-0.1, -0.05) is 12.1 Å². The molecule has 0 aliphatic rings. The van der Waals surface area contributed by atoms with Gasteiger partial charge in [-0.05, 0) is 49.7 Å². The fraction of sp³-hybridized carbons (Fsp3) is 0.158. The first-order chi connectivity index (χ1) is 11.6. The fourth-order valence-electron chi connectivity index (χ4n) is 2.27. The van der Waals surface area contributed by atoms with E-state index in [1.807, 2.05) is 19.9 Å². The van der Waals surface area contributed by atoms with Crippen LogP contribution in [0, 0.1) is 25.2 Å². The predicted octanol–water partition coefficient (Wildman–Crippen LogP) is 3.48. The average molecular weight is 317 g/mol. The van der Waals surface area contributed by atoms with Crippen molar-refractivity contribution in [1.82, 2.24) is 9.97 Å². The second-order valence-corrected chi connectivity index (χ2v) is 5.48. The third-order valence-electron chi connectivity index (χ3n) is 3.76. The molecule has 3 rings (SSSR count). The van der Waals surface area contributed by atoms with Gasteiger partial charge in [0.1, 0.15) is 6.61 Å². The van der Waals surface area contributed by atoms with Crippen LogP contribution in [0.3, 0.4) is 0 Å². The SMILES string of the molecule is Cc1nc2ccc(C(=O)OCc3ccc(C#N)cc3)cc2nc1C. The van der Waals surface area contributed by atoms with Crippen LogP contribution < -0.4 is 0 Å². The number of esters is 1. The summed E-state index contributed by atoms with van der Waals surface area (Å²) in [6.07, 6.45) is 0. The highest BCUT2D eigenvalue weighted by Crippen LogP contribution is 2.16. The number of hydrogen-bond acceptors (Lipinski definition) is 5. The van der Waals surface area contributed by atoms with Gasteiger partial charge in [-0.15, -0.1) is 0 Å². The van der Waals surface area contributed by atoms with Crippen LogP contribution in [0.1, 0.15) is 32.9 Å². The Morgan fingerprint density at radius 1 is 1.04 bits per heavy atom. The Balaban J connectivity index is 1.75. The van der Waals surface area contributed by atoms with Crippen molar-refractivity contribution in [2.24, 2.45) is 0 Å². The molecular weight excluding hydrogens is 302 g/mol. The van der Waals surface area contributed by atoms with E-state index in [0.717, 1.165) is 22.5 Å². The van der Waals surface area contributed by atoms with Crippen LogP contribution in [-0.2, 0) is 11.3 Å². The zero-order chi connectivity index (χ0) is 17.1. The van der Waals surface area contributed by atoms with Crippen molar-refractivity contribution in [3.05, 3.63) is 70.5 Å². The number of aryl methyl sites for hydroxylation is 2. The summed E-state index contributed by atoms with van der Waals surface area (Å²) in [5.74, 6) is -0.415. The Labute approximate surface area is 139 Å². The molecule has 24 heavy (non-hydrogen) atoms. The molecule has 0 amide bonds. The first kappa shape index (κ1) is 15.6. The molecule has 0 unspecified atom stereocenters. The maximum absolute atomic E-state index is 12.2. The second-order valence-electron chi connectivity index (χ2n) is 5.48. The van der Waals surface area contributed by atoms with Crippen molar-refractivity contribution in [1.29, 1.82) is 5.26 Å². The molecule has 5 heteroatoms. The van der Waals surface area contributed by atoms with Gasteiger partial charge in [-0.3, -0.25) is 0 Å². The number of benzene rings is 2. The lowest BCUT2D eigenvalue weighted by Crippen LogP contribution is -2.06. The quantitative estimate of drug-likeness (QED) is 0.691. The Morgan fingerprint density at radius 2 is 1.71 bits per heavy atom. The summed E-state index contributed by atoms with van der Waals surface area (Å²) in [5.41, 5.74) is 4.98. The minimum atomic E-state index is -0.415. The van der Waals surface area contributed by atoms with Crippen LogP contribution >= 0.6 is 0 Å². The molecule has 0 aliphatic heterocycles. The normalized spacial score (nSPS) is 10.4. The lowest BCUT2D eigenvalue weighted by atomic mass is 10.1. The summed E-state index contributed by atoms with van der Waals surface area (Å²) < 4.78 is 5.32. The molecule has 0 saturated heterocycles. The van der Waals surface area contributed by atoms with Crippen molar-refractivity contribution in [3.8, 4) is 6.07 Å². The molecule has 118 valence electrons. The van der Waals surface area contributed by atoms with E-state index in [1.165, 1.54) is 0 Å². The smallest absolute Gasteiger partial charge is 0.338 e. The number of hydrogen-bond donors (Lipinski definition) is 0. The summed E-state index contributed by atoms with van der Waals surface area (Å²) in [4.78, 5) is 21.1. The number of ether oxygens (including phenoxy) is 1. The van der Waals surface area contributed by atoms with E-state index >= 15 is 0 Å². The Hall–Kier alpha value is -3.26. The van der Waals surface area contributed by atoms with Crippen molar-refractivity contribution in [2.75, 3.05) is 0 Å². The van der Waals surface area contributed by atoms with Gasteiger partial charge in [0, 0.05) is 0 Å². The van der Waals surface area contributed by atoms with Crippen LogP contribution in [0.2, 0.25) is 0 Å². The Kier molecular flexibility index (Phi) is 4.21. The van der Waals surface area contributed by atoms with Gasteiger partial charge in [0.25, 0.3) is 0 Å². The topological polar surface area (TPSA) is 75.9 Å². The highest BCUT2D eigenvalue weighted by molar-refractivity contribution is 5.93. The van der Waals surface area contributed by atoms with Gasteiger partial charge in [0.05, 0.1) is 39.6 Å². The monoisotopic (exact) mass is 317 g/mol. The lowest BCUT2D eigenvalue weighted by Gasteiger charge is -2.07. The third kappa shape index (κ3) is 3.23. The van der Waals surface area contributed by atoms with Crippen LogP contribution in [-0.4, -0.2) is 15.9 Å². The largest absolute Gasteiger partial charge is 0.457 e. The molecule has 0 atom stereocenters. The van der Waals surface area contributed by atoms with Crippen LogP contribution in [0.25, 0.3) is 11.0 Å². The molecule has 2 aromatic carbocycles. The maximum atomic E-state index is 12.2. The van der Waals surface area contributed by atoms with Crippen molar-refractivity contribution >= 4 is 17.0 Å². The molecule has 1 heterocycles. The molecule has 0 saturated carbocycles. The molecule has 3 aromatic rings. The molecular formula is C19H15N3O2. The Bertz CT molecular complexity index is 957. The molecule has 0 N–H and O–H groups in total. The third-order valence-corrected chi connectivity index (χ3v) is 3.76. The van der Waals surface area contributed by atoms with Crippen molar-refractivity contribution in [3.63, 3.8) is 0 Å². The number of carbonyl (C=O) groups excluding carboxylic acids is 1. The van der Waals surface area contributed by atoms with E-state index < -0.39 is 5.97 Å². The summed E-state index contributed by atoms with van der Waals surface area (Å²) in [6.45, 7) is 3.94. The first-order valence-electron chi connectivity index (χ1n) is 7.48.